The largest absolute Gasteiger partial charge is 0.495 e. The Morgan fingerprint density at radius 1 is 1.11 bits per heavy atom. The second kappa shape index (κ2) is 7.70. The maximum atomic E-state index is 12.4. The fraction of sp³-hybridized carbons (Fsp3) is 0.300. The third kappa shape index (κ3) is 3.84. The number of rotatable bonds is 4. The maximum Gasteiger partial charge on any atom is 0.258 e. The molecule has 0 atom stereocenters. The van der Waals surface area contributed by atoms with Gasteiger partial charge in [-0.3, -0.25) is 14.1 Å². The fourth-order valence-electron chi connectivity index (χ4n) is 3.47. The highest BCUT2D eigenvalue weighted by atomic mass is 79.9. The molecule has 0 spiro atoms. The van der Waals surface area contributed by atoms with Crippen molar-refractivity contribution >= 4 is 27.3 Å². The van der Waals surface area contributed by atoms with E-state index in [-0.39, 0.29) is 5.56 Å². The summed E-state index contributed by atoms with van der Waals surface area (Å²) in [7, 11) is 1.71. The number of anilines is 1. The predicted molar refractivity (Wildman–Crippen MR) is 110 cm³/mol. The molecule has 3 heterocycles. The molecule has 140 valence electrons. The highest BCUT2D eigenvalue weighted by Gasteiger charge is 2.20. The van der Waals surface area contributed by atoms with E-state index in [1.54, 1.807) is 23.8 Å². The number of aromatic nitrogens is 2. The number of hydrogen-bond acceptors (Lipinski definition) is 5. The molecule has 0 unspecified atom stereocenters. The van der Waals surface area contributed by atoms with Gasteiger partial charge in [0.25, 0.3) is 5.56 Å². The first-order chi connectivity index (χ1) is 13.1. The smallest absolute Gasteiger partial charge is 0.258 e. The van der Waals surface area contributed by atoms with Crippen LogP contribution >= 0.6 is 15.9 Å². The van der Waals surface area contributed by atoms with Crippen LogP contribution in [0.25, 0.3) is 5.65 Å². The first-order valence-electron chi connectivity index (χ1n) is 8.92. The fourth-order valence-corrected chi connectivity index (χ4v) is 3.81. The molecule has 3 aromatic rings. The highest BCUT2D eigenvalue weighted by molar-refractivity contribution is 9.10. The quantitative estimate of drug-likeness (QED) is 0.639. The van der Waals surface area contributed by atoms with Crippen LogP contribution in [0.4, 0.5) is 5.69 Å². The van der Waals surface area contributed by atoms with Crippen molar-refractivity contribution < 1.29 is 4.74 Å². The van der Waals surface area contributed by atoms with Crippen molar-refractivity contribution in [3.8, 4) is 5.75 Å². The Hall–Kier alpha value is -2.38. The van der Waals surface area contributed by atoms with Crippen molar-refractivity contribution in [3.63, 3.8) is 0 Å². The van der Waals surface area contributed by atoms with E-state index in [0.29, 0.717) is 12.2 Å². The Morgan fingerprint density at radius 2 is 1.89 bits per heavy atom. The minimum absolute atomic E-state index is 0.0519. The third-order valence-corrected chi connectivity index (χ3v) is 5.33. The van der Waals surface area contributed by atoms with Crippen LogP contribution in [0.1, 0.15) is 5.69 Å². The van der Waals surface area contributed by atoms with Gasteiger partial charge in [0.05, 0.1) is 18.5 Å². The SMILES string of the molecule is COc1ccccc1N1CCN(Cc2cc(=O)n3cc(Br)ccc3n2)CC1. The number of para-hydroxylation sites is 2. The minimum atomic E-state index is -0.0519. The summed E-state index contributed by atoms with van der Waals surface area (Å²) in [5, 5.41) is 0. The van der Waals surface area contributed by atoms with Crippen LogP contribution < -0.4 is 15.2 Å². The van der Waals surface area contributed by atoms with Gasteiger partial charge >= 0.3 is 0 Å². The number of pyridine rings is 1. The van der Waals surface area contributed by atoms with E-state index in [1.165, 1.54) is 0 Å². The van der Waals surface area contributed by atoms with Gasteiger partial charge in [-0.25, -0.2) is 4.98 Å². The van der Waals surface area contributed by atoms with E-state index >= 15 is 0 Å². The van der Waals surface area contributed by atoms with Crippen molar-refractivity contribution in [2.45, 2.75) is 6.54 Å². The van der Waals surface area contributed by atoms with Crippen LogP contribution in [0.2, 0.25) is 0 Å². The summed E-state index contributed by atoms with van der Waals surface area (Å²) < 4.78 is 7.90. The Kier molecular flexibility index (Phi) is 5.13. The van der Waals surface area contributed by atoms with Crippen molar-refractivity contribution in [2.24, 2.45) is 0 Å². The summed E-state index contributed by atoms with van der Waals surface area (Å²) in [4.78, 5) is 21.7. The van der Waals surface area contributed by atoms with Gasteiger partial charge in [0.2, 0.25) is 0 Å². The number of ether oxygens (including phenoxy) is 1. The lowest BCUT2D eigenvalue weighted by atomic mass is 10.2. The number of hydrogen-bond donors (Lipinski definition) is 0. The van der Waals surface area contributed by atoms with Crippen LogP contribution in [0.3, 0.4) is 0 Å². The molecule has 1 aromatic carbocycles. The number of methoxy groups -OCH3 is 1. The van der Waals surface area contributed by atoms with E-state index in [2.05, 4.69) is 36.8 Å². The Labute approximate surface area is 166 Å². The third-order valence-electron chi connectivity index (χ3n) is 4.86. The van der Waals surface area contributed by atoms with Gasteiger partial charge in [-0.2, -0.15) is 0 Å². The lowest BCUT2D eigenvalue weighted by Gasteiger charge is -2.36. The molecule has 7 heteroatoms. The first-order valence-corrected chi connectivity index (χ1v) is 9.71. The van der Waals surface area contributed by atoms with Crippen LogP contribution in [0, 0.1) is 0 Å². The molecule has 27 heavy (non-hydrogen) atoms. The van der Waals surface area contributed by atoms with Crippen molar-refractivity contribution in [1.29, 1.82) is 0 Å². The predicted octanol–water partition coefficient (Wildman–Crippen LogP) is 2.79. The van der Waals surface area contributed by atoms with Crippen LogP contribution in [0.15, 0.2) is 57.9 Å². The molecule has 1 aliphatic rings. The summed E-state index contributed by atoms with van der Waals surface area (Å²) in [6, 6.07) is 13.5. The lowest BCUT2D eigenvalue weighted by molar-refractivity contribution is 0.246. The molecule has 0 amide bonds. The molecule has 6 nitrogen and oxygen atoms in total. The number of fused-ring (bicyclic) bond motifs is 1. The standard InChI is InChI=1S/C20H21BrN4O2/c1-27-18-5-3-2-4-17(18)24-10-8-23(9-11-24)14-16-12-20(26)25-13-15(21)6-7-19(25)22-16/h2-7,12-13H,8-11,14H2,1H3. The molecule has 0 aliphatic carbocycles. The second-order valence-corrected chi connectivity index (χ2v) is 7.51. The zero-order valence-corrected chi connectivity index (χ0v) is 16.7. The van der Waals surface area contributed by atoms with Crippen molar-refractivity contribution in [1.82, 2.24) is 14.3 Å². The van der Waals surface area contributed by atoms with Crippen LogP contribution in [0.5, 0.6) is 5.75 Å². The monoisotopic (exact) mass is 428 g/mol. The molecule has 1 saturated heterocycles. The number of benzene rings is 1. The molecule has 0 saturated carbocycles. The highest BCUT2D eigenvalue weighted by Crippen LogP contribution is 2.28. The molecule has 0 bridgehead atoms. The van der Waals surface area contributed by atoms with Crippen LogP contribution in [-0.4, -0.2) is 47.6 Å². The topological polar surface area (TPSA) is 50.1 Å². The molecular weight excluding hydrogens is 408 g/mol. The molecule has 2 aromatic heterocycles. The summed E-state index contributed by atoms with van der Waals surface area (Å²) in [5.41, 5.74) is 2.57. The van der Waals surface area contributed by atoms with E-state index in [0.717, 1.165) is 47.8 Å². The van der Waals surface area contributed by atoms with Gasteiger partial charge in [0, 0.05) is 49.5 Å². The van der Waals surface area contributed by atoms with E-state index in [1.807, 2.05) is 30.3 Å². The zero-order chi connectivity index (χ0) is 18.8. The number of piperazine rings is 1. The van der Waals surface area contributed by atoms with Crippen molar-refractivity contribution in [3.05, 3.63) is 69.2 Å². The van der Waals surface area contributed by atoms with Gasteiger partial charge < -0.3 is 9.64 Å². The Balaban J connectivity index is 1.46. The van der Waals surface area contributed by atoms with Gasteiger partial charge in [-0.05, 0) is 40.2 Å². The van der Waals surface area contributed by atoms with E-state index in [9.17, 15) is 4.79 Å². The lowest BCUT2D eigenvalue weighted by Crippen LogP contribution is -2.46. The second-order valence-electron chi connectivity index (χ2n) is 6.60. The summed E-state index contributed by atoms with van der Waals surface area (Å²) in [5.74, 6) is 0.904. The molecular formula is C20H21BrN4O2. The van der Waals surface area contributed by atoms with Crippen LogP contribution in [-0.2, 0) is 6.54 Å². The molecule has 0 radical (unpaired) electrons. The normalized spacial score (nSPS) is 15.3. The Morgan fingerprint density at radius 3 is 2.67 bits per heavy atom. The van der Waals surface area contributed by atoms with Gasteiger partial charge in [-0.15, -0.1) is 0 Å². The Bertz CT molecular complexity index is 1010. The van der Waals surface area contributed by atoms with Crippen molar-refractivity contribution in [2.75, 3.05) is 38.2 Å². The zero-order valence-electron chi connectivity index (χ0n) is 15.1. The van der Waals surface area contributed by atoms with Gasteiger partial charge in [0.15, 0.2) is 0 Å². The van der Waals surface area contributed by atoms with E-state index < -0.39 is 0 Å². The van der Waals surface area contributed by atoms with Gasteiger partial charge in [-0.1, -0.05) is 12.1 Å². The molecule has 1 aliphatic heterocycles. The number of nitrogens with zero attached hydrogens (tertiary/aromatic N) is 4. The molecule has 1 fully saturated rings. The number of halogens is 1. The van der Waals surface area contributed by atoms with Gasteiger partial charge in [0.1, 0.15) is 11.4 Å². The molecule has 0 N–H and O–H groups in total. The summed E-state index contributed by atoms with van der Waals surface area (Å²) >= 11 is 3.39. The minimum Gasteiger partial charge on any atom is -0.495 e. The average Bonchev–Trinajstić information content (AvgIpc) is 2.69. The summed E-state index contributed by atoms with van der Waals surface area (Å²) in [6.45, 7) is 4.35. The maximum absolute atomic E-state index is 12.4. The van der Waals surface area contributed by atoms with E-state index in [4.69, 9.17) is 4.74 Å². The average molecular weight is 429 g/mol. The first kappa shape index (κ1) is 18.0. The molecule has 4 rings (SSSR count). The summed E-state index contributed by atoms with van der Waals surface area (Å²) in [6.07, 6.45) is 1.75.